The number of carbonyl (C=O) groups excluding carboxylic acids is 1. The molecule has 0 bridgehead atoms. The van der Waals surface area contributed by atoms with Crippen molar-refractivity contribution in [3.8, 4) is 11.8 Å². The van der Waals surface area contributed by atoms with Crippen molar-refractivity contribution in [2.45, 2.75) is 12.6 Å². The number of pyridine rings is 1. The van der Waals surface area contributed by atoms with Crippen molar-refractivity contribution in [1.29, 1.82) is 5.26 Å². The lowest BCUT2D eigenvalue weighted by molar-refractivity contribution is 0.0597. The van der Waals surface area contributed by atoms with Gasteiger partial charge in [0.2, 0.25) is 0 Å². The van der Waals surface area contributed by atoms with Crippen molar-refractivity contribution in [3.05, 3.63) is 62.5 Å². The van der Waals surface area contributed by atoms with E-state index in [4.69, 9.17) is 10.00 Å². The number of esters is 1. The second-order valence-electron chi connectivity index (χ2n) is 5.13. The summed E-state index contributed by atoms with van der Waals surface area (Å²) in [4.78, 5) is 23.8. The summed E-state index contributed by atoms with van der Waals surface area (Å²) in [5, 5.41) is 19.1. The molecule has 1 atom stereocenters. The van der Waals surface area contributed by atoms with Crippen LogP contribution in [0.25, 0.3) is 0 Å². The van der Waals surface area contributed by atoms with Gasteiger partial charge in [0.05, 0.1) is 19.2 Å². The number of hydrogen-bond acceptors (Lipinski definition) is 6. The lowest BCUT2D eigenvalue weighted by atomic mass is 10.2. The summed E-state index contributed by atoms with van der Waals surface area (Å²) in [7, 11) is 1.20. The van der Waals surface area contributed by atoms with E-state index in [9.17, 15) is 14.7 Å². The number of aliphatic hydroxyl groups excluding tert-OH is 1. The van der Waals surface area contributed by atoms with Crippen molar-refractivity contribution < 1.29 is 19.4 Å². The van der Waals surface area contributed by atoms with E-state index >= 15 is 0 Å². The molecule has 0 aliphatic rings. The third-order valence-electron chi connectivity index (χ3n) is 3.27. The van der Waals surface area contributed by atoms with Crippen molar-refractivity contribution >= 4 is 21.9 Å². The lowest BCUT2D eigenvalue weighted by Crippen LogP contribution is -2.32. The Kier molecular flexibility index (Phi) is 6.33. The molecule has 0 saturated carbocycles. The minimum atomic E-state index is -1.02. The molecule has 0 saturated heterocycles. The molecule has 8 heteroatoms. The third-order valence-corrected chi connectivity index (χ3v) is 3.77. The molecule has 130 valence electrons. The van der Waals surface area contributed by atoms with Crippen LogP contribution < -0.4 is 10.3 Å². The molecule has 7 nitrogen and oxygen atoms in total. The smallest absolute Gasteiger partial charge is 0.339 e. The minimum absolute atomic E-state index is 0.0544. The molecule has 0 aliphatic heterocycles. The van der Waals surface area contributed by atoms with Crippen molar-refractivity contribution in [1.82, 2.24) is 4.57 Å². The van der Waals surface area contributed by atoms with Crippen LogP contribution in [0.15, 0.2) is 45.8 Å². The fraction of sp³-hybridized carbons (Fsp3) is 0.235. The molecule has 1 aromatic carbocycles. The number of ether oxygens (including phenoxy) is 2. The summed E-state index contributed by atoms with van der Waals surface area (Å²) in [6.07, 6.45) is 0.230. The predicted octanol–water partition coefficient (Wildman–Crippen LogP) is 1.71. The Balaban J connectivity index is 2.14. The molecular weight excluding hydrogens is 392 g/mol. The van der Waals surface area contributed by atoms with Gasteiger partial charge in [0.25, 0.3) is 5.56 Å². The second-order valence-corrected chi connectivity index (χ2v) is 6.04. The van der Waals surface area contributed by atoms with E-state index in [0.29, 0.717) is 5.75 Å². The SMILES string of the molecule is COC(=O)c1cc(C#N)c(=O)n(C[C@@H](O)COc2cccc(Br)c2)c1. The predicted molar refractivity (Wildman–Crippen MR) is 92.4 cm³/mol. The van der Waals surface area contributed by atoms with Crippen LogP contribution in [-0.2, 0) is 11.3 Å². The molecule has 1 aromatic heterocycles. The summed E-state index contributed by atoms with van der Waals surface area (Å²) in [5.41, 5.74) is -0.751. The molecule has 0 unspecified atom stereocenters. The average Bonchev–Trinajstić information content (AvgIpc) is 2.61. The normalized spacial score (nSPS) is 11.4. The van der Waals surface area contributed by atoms with Gasteiger partial charge in [0.1, 0.15) is 30.1 Å². The summed E-state index contributed by atoms with van der Waals surface area (Å²) in [5.74, 6) is -0.119. The van der Waals surface area contributed by atoms with Gasteiger partial charge in [0.15, 0.2) is 0 Å². The number of hydrogen-bond donors (Lipinski definition) is 1. The van der Waals surface area contributed by atoms with Gasteiger partial charge >= 0.3 is 5.97 Å². The Morgan fingerprint density at radius 1 is 1.44 bits per heavy atom. The van der Waals surface area contributed by atoms with Crippen molar-refractivity contribution in [3.63, 3.8) is 0 Å². The largest absolute Gasteiger partial charge is 0.491 e. The quantitative estimate of drug-likeness (QED) is 0.732. The molecular formula is C17H15BrN2O5. The molecule has 2 aromatic rings. The molecule has 0 fully saturated rings. The van der Waals surface area contributed by atoms with Crippen LogP contribution in [0.5, 0.6) is 5.75 Å². The van der Waals surface area contributed by atoms with E-state index < -0.39 is 17.6 Å². The number of rotatable bonds is 6. The van der Waals surface area contributed by atoms with Crippen LogP contribution in [0.2, 0.25) is 0 Å². The van der Waals surface area contributed by atoms with Crippen LogP contribution in [-0.4, -0.2) is 35.5 Å². The first-order valence-electron chi connectivity index (χ1n) is 7.24. The van der Waals surface area contributed by atoms with Gasteiger partial charge in [-0.3, -0.25) is 4.79 Å². The second kappa shape index (κ2) is 8.46. The maximum atomic E-state index is 12.1. The maximum absolute atomic E-state index is 12.1. The Labute approximate surface area is 152 Å². The number of nitrogens with zero attached hydrogens (tertiary/aromatic N) is 2. The van der Waals surface area contributed by atoms with Gasteiger partial charge in [-0.15, -0.1) is 0 Å². The lowest BCUT2D eigenvalue weighted by Gasteiger charge is -2.15. The zero-order valence-electron chi connectivity index (χ0n) is 13.3. The molecule has 0 amide bonds. The third kappa shape index (κ3) is 4.92. The fourth-order valence-corrected chi connectivity index (χ4v) is 2.49. The Morgan fingerprint density at radius 3 is 2.84 bits per heavy atom. The topological polar surface area (TPSA) is 102 Å². The number of carbonyl (C=O) groups is 1. The summed E-state index contributed by atoms with van der Waals surface area (Å²) >= 11 is 3.31. The molecule has 0 aliphatic carbocycles. The highest BCUT2D eigenvalue weighted by Gasteiger charge is 2.15. The van der Waals surface area contributed by atoms with E-state index in [1.807, 2.05) is 6.07 Å². The highest BCUT2D eigenvalue weighted by molar-refractivity contribution is 9.10. The van der Waals surface area contributed by atoms with Gasteiger partial charge < -0.3 is 19.1 Å². The molecule has 1 heterocycles. The molecule has 0 radical (unpaired) electrons. The van der Waals surface area contributed by atoms with Gasteiger partial charge in [-0.2, -0.15) is 5.26 Å². The molecule has 0 spiro atoms. The summed E-state index contributed by atoms with van der Waals surface area (Å²) in [6, 6.07) is 9.99. The van der Waals surface area contributed by atoms with Gasteiger partial charge in [-0.05, 0) is 24.3 Å². The summed E-state index contributed by atoms with van der Waals surface area (Å²) < 4.78 is 12.0. The Morgan fingerprint density at radius 2 is 2.20 bits per heavy atom. The van der Waals surface area contributed by atoms with Crippen LogP contribution in [0, 0.1) is 11.3 Å². The number of aromatic nitrogens is 1. The number of methoxy groups -OCH3 is 1. The zero-order valence-corrected chi connectivity index (χ0v) is 14.9. The maximum Gasteiger partial charge on any atom is 0.339 e. The van der Waals surface area contributed by atoms with Crippen molar-refractivity contribution in [2.75, 3.05) is 13.7 Å². The molecule has 2 rings (SSSR count). The monoisotopic (exact) mass is 406 g/mol. The van der Waals surface area contributed by atoms with E-state index in [1.165, 1.54) is 13.3 Å². The van der Waals surface area contributed by atoms with E-state index in [0.717, 1.165) is 15.1 Å². The minimum Gasteiger partial charge on any atom is -0.491 e. The number of benzene rings is 1. The number of halogens is 1. The van der Waals surface area contributed by atoms with E-state index in [2.05, 4.69) is 20.7 Å². The highest BCUT2D eigenvalue weighted by Crippen LogP contribution is 2.17. The highest BCUT2D eigenvalue weighted by atomic mass is 79.9. The molecule has 25 heavy (non-hydrogen) atoms. The van der Waals surface area contributed by atoms with E-state index in [-0.39, 0.29) is 24.3 Å². The number of aliphatic hydroxyl groups is 1. The van der Waals surface area contributed by atoms with Gasteiger partial charge in [-0.1, -0.05) is 22.0 Å². The first-order chi connectivity index (χ1) is 11.9. The average molecular weight is 407 g/mol. The van der Waals surface area contributed by atoms with Gasteiger partial charge in [-0.25, -0.2) is 4.79 Å². The zero-order chi connectivity index (χ0) is 18.4. The standard InChI is InChI=1S/C17H15BrN2O5/c1-24-17(23)12-5-11(7-19)16(22)20(8-12)9-14(21)10-25-15-4-2-3-13(18)6-15/h2-6,8,14,21H,9-10H2,1H3/t14-/m1/s1. The Bertz CT molecular complexity index is 872. The first-order valence-corrected chi connectivity index (χ1v) is 8.03. The van der Waals surface area contributed by atoms with Crippen LogP contribution in [0.4, 0.5) is 0 Å². The van der Waals surface area contributed by atoms with Crippen molar-refractivity contribution in [2.24, 2.45) is 0 Å². The summed E-state index contributed by atoms with van der Waals surface area (Å²) in [6.45, 7) is -0.195. The van der Waals surface area contributed by atoms with Gasteiger partial charge in [0, 0.05) is 10.7 Å². The fourth-order valence-electron chi connectivity index (χ4n) is 2.11. The number of nitriles is 1. The van der Waals surface area contributed by atoms with E-state index in [1.54, 1.807) is 24.3 Å². The van der Waals surface area contributed by atoms with Crippen LogP contribution in [0.1, 0.15) is 15.9 Å². The first kappa shape index (κ1) is 18.7. The van der Waals surface area contributed by atoms with Crippen LogP contribution in [0.3, 0.4) is 0 Å². The molecule has 1 N–H and O–H groups in total. The van der Waals surface area contributed by atoms with Crippen LogP contribution >= 0.6 is 15.9 Å². The Hall–Kier alpha value is -2.63.